The Morgan fingerprint density at radius 3 is 2.50 bits per heavy atom. The molecule has 0 bridgehead atoms. The molecular weight excluding hydrogens is 422 g/mol. The highest BCUT2D eigenvalue weighted by Gasteiger charge is 2.32. The lowest BCUT2D eigenvalue weighted by Crippen LogP contribution is -2.52. The number of rotatable bonds is 7. The Bertz CT molecular complexity index is 1090. The van der Waals surface area contributed by atoms with Crippen molar-refractivity contribution in [2.75, 3.05) is 26.2 Å². The molecule has 0 amide bonds. The number of aryl methyl sites for hydroxylation is 2. The van der Waals surface area contributed by atoms with Crippen LogP contribution in [0, 0.1) is 11.3 Å². The molecule has 3 aromatic rings. The highest BCUT2D eigenvalue weighted by atomic mass is 15.6. The van der Waals surface area contributed by atoms with Gasteiger partial charge in [0.15, 0.2) is 5.82 Å². The SMILES string of the molecule is N#Cc1cccc([C@@H](c2nnnn2CCc2ccccc2)N2CCN(C3CCCCC3)CC2)c1. The molecule has 0 spiro atoms. The van der Waals surface area contributed by atoms with E-state index in [1.807, 2.05) is 28.9 Å². The van der Waals surface area contributed by atoms with Gasteiger partial charge in [0.2, 0.25) is 0 Å². The number of piperazine rings is 1. The topological polar surface area (TPSA) is 73.9 Å². The number of hydrogen-bond donors (Lipinski definition) is 0. The van der Waals surface area contributed by atoms with Gasteiger partial charge in [-0.2, -0.15) is 5.26 Å². The van der Waals surface area contributed by atoms with E-state index in [-0.39, 0.29) is 6.04 Å². The lowest BCUT2D eigenvalue weighted by molar-refractivity contribution is 0.0619. The van der Waals surface area contributed by atoms with E-state index in [0.717, 1.165) is 56.6 Å². The molecule has 1 aromatic heterocycles. The van der Waals surface area contributed by atoms with Crippen molar-refractivity contribution in [2.24, 2.45) is 0 Å². The van der Waals surface area contributed by atoms with Gasteiger partial charge in [-0.05, 0) is 52.9 Å². The summed E-state index contributed by atoms with van der Waals surface area (Å²) in [6.45, 7) is 4.82. The monoisotopic (exact) mass is 455 g/mol. The van der Waals surface area contributed by atoms with Gasteiger partial charge in [0.1, 0.15) is 0 Å². The molecule has 1 atom stereocenters. The average molecular weight is 456 g/mol. The number of aromatic nitrogens is 4. The molecule has 176 valence electrons. The van der Waals surface area contributed by atoms with E-state index in [4.69, 9.17) is 0 Å². The van der Waals surface area contributed by atoms with Crippen LogP contribution in [0.25, 0.3) is 0 Å². The zero-order valence-electron chi connectivity index (χ0n) is 19.8. The van der Waals surface area contributed by atoms with E-state index in [1.165, 1.54) is 37.7 Å². The fraction of sp³-hybridized carbons (Fsp3) is 0.481. The molecule has 2 aliphatic rings. The molecule has 1 saturated heterocycles. The molecule has 5 rings (SSSR count). The van der Waals surface area contributed by atoms with Crippen LogP contribution in [-0.4, -0.2) is 62.2 Å². The fourth-order valence-electron chi connectivity index (χ4n) is 5.55. The third kappa shape index (κ3) is 5.19. The van der Waals surface area contributed by atoms with Crippen LogP contribution in [0.4, 0.5) is 0 Å². The number of hydrogen-bond acceptors (Lipinski definition) is 6. The second kappa shape index (κ2) is 10.9. The third-order valence-corrected chi connectivity index (χ3v) is 7.40. The molecular formula is C27H33N7. The Morgan fingerprint density at radius 1 is 0.941 bits per heavy atom. The van der Waals surface area contributed by atoms with Crippen molar-refractivity contribution in [1.82, 2.24) is 30.0 Å². The molecule has 1 aliphatic carbocycles. The minimum absolute atomic E-state index is 0.0624. The second-order valence-electron chi connectivity index (χ2n) is 9.50. The van der Waals surface area contributed by atoms with Gasteiger partial charge < -0.3 is 0 Å². The predicted octanol–water partition coefficient (Wildman–Crippen LogP) is 3.83. The number of nitrogens with zero attached hydrogens (tertiary/aromatic N) is 7. The van der Waals surface area contributed by atoms with Crippen LogP contribution in [0.2, 0.25) is 0 Å². The minimum atomic E-state index is -0.0624. The van der Waals surface area contributed by atoms with Gasteiger partial charge in [0.25, 0.3) is 0 Å². The van der Waals surface area contributed by atoms with Crippen LogP contribution in [-0.2, 0) is 13.0 Å². The van der Waals surface area contributed by atoms with E-state index in [1.54, 1.807) is 0 Å². The zero-order chi connectivity index (χ0) is 23.2. The summed E-state index contributed by atoms with van der Waals surface area (Å²) in [5.74, 6) is 0.858. The smallest absolute Gasteiger partial charge is 0.173 e. The first kappa shape index (κ1) is 22.7. The average Bonchev–Trinajstić information content (AvgIpc) is 3.37. The minimum Gasteiger partial charge on any atom is -0.298 e. The maximum atomic E-state index is 9.51. The molecule has 0 radical (unpaired) electrons. The fourth-order valence-corrected chi connectivity index (χ4v) is 5.55. The van der Waals surface area contributed by atoms with Crippen molar-refractivity contribution >= 4 is 0 Å². The van der Waals surface area contributed by atoms with Crippen LogP contribution in [0.15, 0.2) is 54.6 Å². The van der Waals surface area contributed by atoms with Crippen LogP contribution in [0.5, 0.6) is 0 Å². The van der Waals surface area contributed by atoms with E-state index in [9.17, 15) is 5.26 Å². The van der Waals surface area contributed by atoms with Crippen molar-refractivity contribution in [3.05, 3.63) is 77.1 Å². The molecule has 1 aliphatic heterocycles. The maximum absolute atomic E-state index is 9.51. The molecule has 7 nitrogen and oxygen atoms in total. The Hall–Kier alpha value is -3.08. The summed E-state index contributed by atoms with van der Waals surface area (Å²) in [5.41, 5.74) is 3.03. The molecule has 7 heteroatoms. The summed E-state index contributed by atoms with van der Waals surface area (Å²) in [6.07, 6.45) is 7.67. The van der Waals surface area contributed by atoms with Crippen molar-refractivity contribution < 1.29 is 0 Å². The van der Waals surface area contributed by atoms with Gasteiger partial charge in [-0.15, -0.1) is 5.10 Å². The molecule has 0 N–H and O–H groups in total. The van der Waals surface area contributed by atoms with Crippen LogP contribution < -0.4 is 0 Å². The lowest BCUT2D eigenvalue weighted by Gasteiger charge is -2.43. The molecule has 2 heterocycles. The summed E-state index contributed by atoms with van der Waals surface area (Å²) < 4.78 is 1.95. The summed E-state index contributed by atoms with van der Waals surface area (Å²) in [6, 6.07) is 21.4. The summed E-state index contributed by atoms with van der Waals surface area (Å²) >= 11 is 0. The third-order valence-electron chi connectivity index (χ3n) is 7.40. The Kier molecular flexibility index (Phi) is 7.28. The standard InChI is InChI=1S/C27H33N7/c28-21-23-10-7-11-24(20-23)26(33-18-16-32(17-19-33)25-12-5-2-6-13-25)27-29-30-31-34(27)15-14-22-8-3-1-4-9-22/h1,3-4,7-11,20,25-26H,2,5-6,12-19H2/t26-/m0/s1. The summed E-state index contributed by atoms with van der Waals surface area (Å²) in [7, 11) is 0. The van der Waals surface area contributed by atoms with E-state index in [0.29, 0.717) is 5.56 Å². The number of nitriles is 1. The van der Waals surface area contributed by atoms with Crippen molar-refractivity contribution in [3.8, 4) is 6.07 Å². The first-order valence-electron chi connectivity index (χ1n) is 12.6. The highest BCUT2D eigenvalue weighted by Crippen LogP contribution is 2.30. The van der Waals surface area contributed by atoms with Gasteiger partial charge in [-0.25, -0.2) is 4.68 Å². The normalized spacial score (nSPS) is 19.0. The molecule has 1 saturated carbocycles. The Balaban J connectivity index is 1.38. The first-order valence-corrected chi connectivity index (χ1v) is 12.6. The second-order valence-corrected chi connectivity index (χ2v) is 9.50. The maximum Gasteiger partial charge on any atom is 0.173 e. The molecule has 2 fully saturated rings. The van der Waals surface area contributed by atoms with E-state index in [2.05, 4.69) is 61.7 Å². The first-order chi connectivity index (χ1) is 16.8. The van der Waals surface area contributed by atoms with Gasteiger partial charge in [-0.3, -0.25) is 9.80 Å². The van der Waals surface area contributed by atoms with Crippen molar-refractivity contribution in [2.45, 2.75) is 57.2 Å². The van der Waals surface area contributed by atoms with Gasteiger partial charge in [-0.1, -0.05) is 61.7 Å². The molecule has 0 unspecified atom stereocenters. The predicted molar refractivity (Wildman–Crippen MR) is 131 cm³/mol. The summed E-state index contributed by atoms with van der Waals surface area (Å²) in [4.78, 5) is 5.19. The molecule has 34 heavy (non-hydrogen) atoms. The van der Waals surface area contributed by atoms with Gasteiger partial charge >= 0.3 is 0 Å². The Morgan fingerprint density at radius 2 is 1.74 bits per heavy atom. The van der Waals surface area contributed by atoms with Crippen LogP contribution in [0.1, 0.15) is 60.7 Å². The zero-order valence-corrected chi connectivity index (χ0v) is 19.8. The van der Waals surface area contributed by atoms with Gasteiger partial charge in [0, 0.05) is 38.8 Å². The number of tetrazole rings is 1. The largest absolute Gasteiger partial charge is 0.298 e. The van der Waals surface area contributed by atoms with E-state index >= 15 is 0 Å². The van der Waals surface area contributed by atoms with Crippen molar-refractivity contribution in [1.29, 1.82) is 5.26 Å². The Labute approximate surface area is 202 Å². The lowest BCUT2D eigenvalue weighted by atomic mass is 9.93. The number of benzene rings is 2. The summed E-state index contributed by atoms with van der Waals surface area (Å²) in [5, 5.41) is 22.4. The highest BCUT2D eigenvalue weighted by molar-refractivity contribution is 5.36. The van der Waals surface area contributed by atoms with E-state index < -0.39 is 0 Å². The van der Waals surface area contributed by atoms with Crippen LogP contribution >= 0.6 is 0 Å². The van der Waals surface area contributed by atoms with Crippen LogP contribution in [0.3, 0.4) is 0 Å². The van der Waals surface area contributed by atoms with Crippen molar-refractivity contribution in [3.63, 3.8) is 0 Å². The molecule has 2 aromatic carbocycles. The van der Waals surface area contributed by atoms with Gasteiger partial charge in [0.05, 0.1) is 17.7 Å². The quantitative estimate of drug-likeness (QED) is 0.539.